The highest BCUT2D eigenvalue weighted by atomic mass is 127. The Morgan fingerprint density at radius 2 is 1.86 bits per heavy atom. The van der Waals surface area contributed by atoms with Crippen molar-refractivity contribution in [2.45, 2.75) is 12.2 Å². The van der Waals surface area contributed by atoms with E-state index in [1.165, 1.54) is 0 Å². The molecule has 1 aromatic carbocycles. The third-order valence-corrected chi connectivity index (χ3v) is 4.39. The molecule has 2 rings (SSSR count). The summed E-state index contributed by atoms with van der Waals surface area (Å²) in [6, 6.07) is 5.28. The number of ether oxygens (including phenoxy) is 2. The second-order valence-corrected chi connectivity index (χ2v) is 6.16. The van der Waals surface area contributed by atoms with Crippen LogP contribution in [-0.4, -0.2) is 71.0 Å². The minimum Gasteiger partial charge on any atom is -0.383 e. The lowest BCUT2D eigenvalue weighted by Crippen LogP contribution is -2.46. The number of alkyl halides is 3. The Bertz CT molecular complexity index is 593. The molecular formula is C18H28F3IN4O2. The van der Waals surface area contributed by atoms with E-state index < -0.39 is 11.7 Å². The fourth-order valence-electron chi connectivity index (χ4n) is 2.93. The zero-order chi connectivity index (χ0) is 19.7. The number of hydrogen-bond acceptors (Lipinski definition) is 4. The van der Waals surface area contributed by atoms with Crippen LogP contribution in [0.25, 0.3) is 0 Å². The molecular weight excluding hydrogens is 488 g/mol. The molecule has 0 spiro atoms. The number of morpholine rings is 1. The average Bonchev–Trinajstić information content (AvgIpc) is 2.67. The van der Waals surface area contributed by atoms with Gasteiger partial charge in [-0.1, -0.05) is 12.1 Å². The van der Waals surface area contributed by atoms with Crippen LogP contribution in [0.3, 0.4) is 0 Å². The summed E-state index contributed by atoms with van der Waals surface area (Å²) in [5.41, 5.74) is 0.182. The molecule has 1 saturated heterocycles. The van der Waals surface area contributed by atoms with Crippen molar-refractivity contribution in [3.63, 3.8) is 0 Å². The first-order chi connectivity index (χ1) is 13.0. The number of benzene rings is 1. The molecule has 0 aliphatic carbocycles. The predicted molar refractivity (Wildman–Crippen MR) is 113 cm³/mol. The molecule has 160 valence electrons. The average molecular weight is 516 g/mol. The normalized spacial score (nSPS) is 17.0. The molecule has 0 amide bonds. The van der Waals surface area contributed by atoms with Crippen molar-refractivity contribution in [3.8, 4) is 0 Å². The zero-order valence-electron chi connectivity index (χ0n) is 16.1. The van der Waals surface area contributed by atoms with Crippen molar-refractivity contribution < 1.29 is 22.6 Å². The number of aliphatic imine (C=N–C) groups is 1. The summed E-state index contributed by atoms with van der Waals surface area (Å²) in [6.45, 7) is 4.34. The maximum absolute atomic E-state index is 12.8. The van der Waals surface area contributed by atoms with Gasteiger partial charge in [-0.3, -0.25) is 9.89 Å². The Balaban J connectivity index is 0.00000392. The lowest BCUT2D eigenvalue weighted by atomic mass is 10.0. The van der Waals surface area contributed by atoms with Gasteiger partial charge in [-0.05, 0) is 17.7 Å². The lowest BCUT2D eigenvalue weighted by Gasteiger charge is -2.35. The lowest BCUT2D eigenvalue weighted by molar-refractivity contribution is -0.137. The second kappa shape index (κ2) is 12.5. The van der Waals surface area contributed by atoms with Crippen LogP contribution >= 0.6 is 24.0 Å². The standard InChI is InChI=1S/C18H27F3N4O2.HI/c1-22-17(23-7-10-26-2)24-13-16(25-8-11-27-12-9-25)14-3-5-15(6-4-14)18(19,20)21;/h3-6,16H,7-13H2,1-2H3,(H2,22,23,24);1H. The largest absolute Gasteiger partial charge is 0.416 e. The van der Waals surface area contributed by atoms with Gasteiger partial charge in [0.05, 0.1) is 31.4 Å². The quantitative estimate of drug-likeness (QED) is 0.253. The van der Waals surface area contributed by atoms with Gasteiger partial charge in [-0.2, -0.15) is 13.2 Å². The van der Waals surface area contributed by atoms with Crippen LogP contribution in [-0.2, 0) is 15.7 Å². The summed E-state index contributed by atoms with van der Waals surface area (Å²) in [5, 5.41) is 6.38. The summed E-state index contributed by atoms with van der Waals surface area (Å²) in [5.74, 6) is 0.622. The van der Waals surface area contributed by atoms with E-state index in [1.54, 1.807) is 26.3 Å². The SMILES string of the molecule is CN=C(NCCOC)NCC(c1ccc(C(F)(F)F)cc1)N1CCOCC1.I. The van der Waals surface area contributed by atoms with Gasteiger partial charge in [0.1, 0.15) is 0 Å². The van der Waals surface area contributed by atoms with Crippen molar-refractivity contribution in [3.05, 3.63) is 35.4 Å². The van der Waals surface area contributed by atoms with Crippen LogP contribution in [0.1, 0.15) is 17.2 Å². The Morgan fingerprint density at radius 3 is 2.39 bits per heavy atom. The molecule has 1 unspecified atom stereocenters. The number of methoxy groups -OCH3 is 1. The van der Waals surface area contributed by atoms with Crippen LogP contribution < -0.4 is 10.6 Å². The molecule has 10 heteroatoms. The number of nitrogens with zero attached hydrogens (tertiary/aromatic N) is 2. The maximum Gasteiger partial charge on any atom is 0.416 e. The van der Waals surface area contributed by atoms with Gasteiger partial charge < -0.3 is 20.1 Å². The Hall–Kier alpha value is -1.11. The first-order valence-corrected chi connectivity index (χ1v) is 8.88. The molecule has 1 heterocycles. The first-order valence-electron chi connectivity index (χ1n) is 8.88. The van der Waals surface area contributed by atoms with E-state index in [2.05, 4.69) is 20.5 Å². The molecule has 0 bridgehead atoms. The van der Waals surface area contributed by atoms with E-state index in [0.717, 1.165) is 30.8 Å². The maximum atomic E-state index is 12.8. The molecule has 1 atom stereocenters. The minimum absolute atomic E-state index is 0. The fraction of sp³-hybridized carbons (Fsp3) is 0.611. The fourth-order valence-corrected chi connectivity index (χ4v) is 2.93. The molecule has 6 nitrogen and oxygen atoms in total. The first kappa shape index (κ1) is 24.9. The molecule has 0 saturated carbocycles. The van der Waals surface area contributed by atoms with E-state index in [1.807, 2.05) is 0 Å². The Morgan fingerprint density at radius 1 is 1.21 bits per heavy atom. The molecule has 1 fully saturated rings. The van der Waals surface area contributed by atoms with Crippen LogP contribution in [0, 0.1) is 0 Å². The second-order valence-electron chi connectivity index (χ2n) is 6.16. The summed E-state index contributed by atoms with van der Waals surface area (Å²) in [4.78, 5) is 6.37. The highest BCUT2D eigenvalue weighted by molar-refractivity contribution is 14.0. The third-order valence-electron chi connectivity index (χ3n) is 4.39. The molecule has 28 heavy (non-hydrogen) atoms. The minimum atomic E-state index is -4.33. The van der Waals surface area contributed by atoms with Crippen LogP contribution in [0.5, 0.6) is 0 Å². The summed E-state index contributed by atoms with van der Waals surface area (Å²) >= 11 is 0. The van der Waals surface area contributed by atoms with Crippen LogP contribution in [0.4, 0.5) is 13.2 Å². The number of nitrogens with one attached hydrogen (secondary N) is 2. The number of rotatable bonds is 7. The number of hydrogen-bond donors (Lipinski definition) is 2. The van der Waals surface area contributed by atoms with Crippen molar-refractivity contribution >= 4 is 29.9 Å². The predicted octanol–water partition coefficient (Wildman–Crippen LogP) is 2.51. The number of guanidine groups is 1. The topological polar surface area (TPSA) is 58.1 Å². The van der Waals surface area contributed by atoms with E-state index in [0.29, 0.717) is 38.9 Å². The van der Waals surface area contributed by atoms with Gasteiger partial charge in [0.25, 0.3) is 0 Å². The van der Waals surface area contributed by atoms with Crippen LogP contribution in [0.15, 0.2) is 29.3 Å². The zero-order valence-corrected chi connectivity index (χ0v) is 18.4. The van der Waals surface area contributed by atoms with Crippen molar-refractivity contribution in [2.75, 3.05) is 60.2 Å². The molecule has 1 aliphatic rings. The van der Waals surface area contributed by atoms with Gasteiger partial charge >= 0.3 is 6.18 Å². The Labute approximate surface area is 180 Å². The molecule has 0 aromatic heterocycles. The summed E-state index contributed by atoms with van der Waals surface area (Å²) in [6.07, 6.45) is -4.33. The van der Waals surface area contributed by atoms with Gasteiger partial charge in [0, 0.05) is 40.3 Å². The van der Waals surface area contributed by atoms with Crippen molar-refractivity contribution in [2.24, 2.45) is 4.99 Å². The Kier molecular flexibility index (Phi) is 11.1. The van der Waals surface area contributed by atoms with E-state index in [4.69, 9.17) is 9.47 Å². The highest BCUT2D eigenvalue weighted by Crippen LogP contribution is 2.31. The van der Waals surface area contributed by atoms with E-state index in [-0.39, 0.29) is 30.0 Å². The van der Waals surface area contributed by atoms with Gasteiger partial charge in [-0.15, -0.1) is 24.0 Å². The molecule has 1 aromatic rings. The van der Waals surface area contributed by atoms with E-state index >= 15 is 0 Å². The van der Waals surface area contributed by atoms with Crippen LogP contribution in [0.2, 0.25) is 0 Å². The summed E-state index contributed by atoms with van der Waals surface area (Å²) < 4.78 is 49.0. The van der Waals surface area contributed by atoms with E-state index in [9.17, 15) is 13.2 Å². The van der Waals surface area contributed by atoms with Gasteiger partial charge in [0.15, 0.2) is 5.96 Å². The smallest absolute Gasteiger partial charge is 0.383 e. The van der Waals surface area contributed by atoms with Crippen molar-refractivity contribution in [1.29, 1.82) is 0 Å². The molecule has 2 N–H and O–H groups in total. The monoisotopic (exact) mass is 516 g/mol. The number of halogens is 4. The molecule has 1 aliphatic heterocycles. The highest BCUT2D eigenvalue weighted by Gasteiger charge is 2.31. The van der Waals surface area contributed by atoms with Gasteiger partial charge in [-0.25, -0.2) is 0 Å². The summed E-state index contributed by atoms with van der Waals surface area (Å²) in [7, 11) is 3.29. The third kappa shape index (κ3) is 7.72. The van der Waals surface area contributed by atoms with Crippen molar-refractivity contribution in [1.82, 2.24) is 15.5 Å². The van der Waals surface area contributed by atoms with Gasteiger partial charge in [0.2, 0.25) is 0 Å². The molecule has 0 radical (unpaired) electrons.